The molecule has 0 spiro atoms. The number of nitrogens with one attached hydrogen (secondary N) is 1. The Morgan fingerprint density at radius 2 is 2.29 bits per heavy atom. The summed E-state index contributed by atoms with van der Waals surface area (Å²) in [6.07, 6.45) is 7.28. The van der Waals surface area contributed by atoms with Crippen LogP contribution in [-0.2, 0) is 0 Å². The molecule has 0 saturated heterocycles. The van der Waals surface area contributed by atoms with Crippen molar-refractivity contribution in [2.45, 2.75) is 25.3 Å². The second-order valence-electron chi connectivity index (χ2n) is 4.21. The van der Waals surface area contributed by atoms with Gasteiger partial charge in [-0.1, -0.05) is 11.6 Å². The third-order valence-corrected chi connectivity index (χ3v) is 3.33. The summed E-state index contributed by atoms with van der Waals surface area (Å²) in [6, 6.07) is 0.606. The van der Waals surface area contributed by atoms with Crippen LogP contribution in [0.15, 0.2) is 12.5 Å². The van der Waals surface area contributed by atoms with Crippen molar-refractivity contribution in [1.29, 1.82) is 0 Å². The largest absolute Gasteiger partial charge is 0.366 e. The van der Waals surface area contributed by atoms with Gasteiger partial charge in [0.2, 0.25) is 0 Å². The van der Waals surface area contributed by atoms with Crippen LogP contribution in [0, 0.1) is 11.8 Å². The van der Waals surface area contributed by atoms with Crippen LogP contribution in [0.25, 0.3) is 0 Å². The molecule has 14 heavy (non-hydrogen) atoms. The van der Waals surface area contributed by atoms with Gasteiger partial charge in [0.25, 0.3) is 0 Å². The van der Waals surface area contributed by atoms with Gasteiger partial charge in [0, 0.05) is 6.04 Å². The molecule has 0 radical (unpaired) electrons. The van der Waals surface area contributed by atoms with Crippen molar-refractivity contribution in [3.63, 3.8) is 0 Å². The molecule has 1 heterocycles. The number of anilines is 1. The van der Waals surface area contributed by atoms with Crippen LogP contribution in [0.2, 0.25) is 5.02 Å². The van der Waals surface area contributed by atoms with Crippen LogP contribution in [0.3, 0.4) is 0 Å². The van der Waals surface area contributed by atoms with Crippen LogP contribution >= 0.6 is 11.6 Å². The summed E-state index contributed by atoms with van der Waals surface area (Å²) in [5.41, 5.74) is 0. The Morgan fingerprint density at radius 1 is 1.43 bits per heavy atom. The fraction of sp³-hybridized carbons (Fsp3) is 0.600. The molecular weight excluding hydrogens is 198 g/mol. The van der Waals surface area contributed by atoms with E-state index in [1.54, 1.807) is 6.20 Å². The van der Waals surface area contributed by atoms with E-state index in [-0.39, 0.29) is 0 Å². The first-order valence-electron chi connectivity index (χ1n) is 5.06. The fourth-order valence-electron chi connectivity index (χ4n) is 2.02. The SMILES string of the molecule is Clc1cncnc1N[C@@H]1C[C@H]1C1CC1. The van der Waals surface area contributed by atoms with Crippen LogP contribution < -0.4 is 5.32 Å². The van der Waals surface area contributed by atoms with Crippen molar-refractivity contribution in [3.05, 3.63) is 17.5 Å². The molecule has 0 amide bonds. The molecule has 4 heteroatoms. The maximum atomic E-state index is 5.95. The Balaban J connectivity index is 1.65. The van der Waals surface area contributed by atoms with Crippen molar-refractivity contribution < 1.29 is 0 Å². The number of aromatic nitrogens is 2. The molecule has 2 aliphatic rings. The molecule has 0 aromatic carbocycles. The van der Waals surface area contributed by atoms with Crippen LogP contribution in [0.5, 0.6) is 0 Å². The van der Waals surface area contributed by atoms with Gasteiger partial charge in [0.05, 0.1) is 6.20 Å². The zero-order chi connectivity index (χ0) is 9.54. The van der Waals surface area contributed by atoms with Gasteiger partial charge < -0.3 is 5.32 Å². The molecule has 0 unspecified atom stereocenters. The quantitative estimate of drug-likeness (QED) is 0.831. The first-order valence-corrected chi connectivity index (χ1v) is 5.44. The Labute approximate surface area is 87.9 Å². The average molecular weight is 210 g/mol. The van der Waals surface area contributed by atoms with E-state index in [2.05, 4.69) is 15.3 Å². The highest BCUT2D eigenvalue weighted by atomic mass is 35.5. The predicted octanol–water partition coefficient (Wildman–Crippen LogP) is 2.34. The van der Waals surface area contributed by atoms with Crippen molar-refractivity contribution in [2.24, 2.45) is 11.8 Å². The molecule has 1 aromatic heterocycles. The summed E-state index contributed by atoms with van der Waals surface area (Å²) < 4.78 is 0. The Kier molecular flexibility index (Phi) is 1.87. The molecule has 2 saturated carbocycles. The molecule has 3 nitrogen and oxygen atoms in total. The van der Waals surface area contributed by atoms with E-state index in [1.165, 1.54) is 25.6 Å². The third kappa shape index (κ3) is 1.57. The molecular formula is C10H12ClN3. The van der Waals surface area contributed by atoms with Crippen molar-refractivity contribution >= 4 is 17.4 Å². The average Bonchev–Trinajstić information content (AvgIpc) is 2.97. The molecule has 3 rings (SSSR count). The highest BCUT2D eigenvalue weighted by Crippen LogP contribution is 2.51. The van der Waals surface area contributed by atoms with Crippen molar-refractivity contribution in [3.8, 4) is 0 Å². The van der Waals surface area contributed by atoms with E-state index in [0.717, 1.165) is 17.7 Å². The first kappa shape index (κ1) is 8.48. The second kappa shape index (κ2) is 3.09. The summed E-state index contributed by atoms with van der Waals surface area (Å²) in [5, 5.41) is 3.99. The van der Waals surface area contributed by atoms with E-state index < -0.39 is 0 Å². The summed E-state index contributed by atoms with van der Waals surface area (Å²) in [5.74, 6) is 2.64. The van der Waals surface area contributed by atoms with Gasteiger partial charge in [-0.05, 0) is 31.1 Å². The van der Waals surface area contributed by atoms with E-state index >= 15 is 0 Å². The summed E-state index contributed by atoms with van der Waals surface area (Å²) in [7, 11) is 0. The summed E-state index contributed by atoms with van der Waals surface area (Å²) in [6.45, 7) is 0. The standard InChI is InChI=1S/C10H12ClN3/c11-8-4-12-5-13-10(8)14-9-3-7(9)6-1-2-6/h4-7,9H,1-3H2,(H,12,13,14)/t7-,9+/m0/s1. The van der Waals surface area contributed by atoms with Gasteiger partial charge in [-0.25, -0.2) is 9.97 Å². The number of halogens is 1. The maximum absolute atomic E-state index is 5.95. The highest BCUT2D eigenvalue weighted by Gasteiger charge is 2.47. The van der Waals surface area contributed by atoms with Crippen LogP contribution in [0.1, 0.15) is 19.3 Å². The number of nitrogens with zero attached hydrogens (tertiary/aromatic N) is 2. The van der Waals surface area contributed by atoms with Crippen molar-refractivity contribution in [2.75, 3.05) is 5.32 Å². The van der Waals surface area contributed by atoms with Gasteiger partial charge in [0.15, 0.2) is 0 Å². The number of rotatable bonds is 3. The first-order chi connectivity index (χ1) is 6.84. The maximum Gasteiger partial charge on any atom is 0.148 e. The van der Waals surface area contributed by atoms with E-state index in [1.807, 2.05) is 0 Å². The van der Waals surface area contributed by atoms with Gasteiger partial charge in [0.1, 0.15) is 17.2 Å². The number of hydrogen-bond acceptors (Lipinski definition) is 3. The second-order valence-corrected chi connectivity index (χ2v) is 4.61. The van der Waals surface area contributed by atoms with Crippen LogP contribution in [0.4, 0.5) is 5.82 Å². The van der Waals surface area contributed by atoms with Gasteiger partial charge in [-0.3, -0.25) is 0 Å². The molecule has 2 fully saturated rings. The Morgan fingerprint density at radius 3 is 3.00 bits per heavy atom. The predicted molar refractivity (Wildman–Crippen MR) is 55.3 cm³/mol. The smallest absolute Gasteiger partial charge is 0.148 e. The topological polar surface area (TPSA) is 37.8 Å². The molecule has 0 aliphatic heterocycles. The monoisotopic (exact) mass is 209 g/mol. The lowest BCUT2D eigenvalue weighted by atomic mass is 10.3. The molecule has 2 aliphatic carbocycles. The molecule has 0 bridgehead atoms. The van der Waals surface area contributed by atoms with Gasteiger partial charge in [-0.2, -0.15) is 0 Å². The molecule has 1 aromatic rings. The number of hydrogen-bond donors (Lipinski definition) is 1. The molecule has 74 valence electrons. The lowest BCUT2D eigenvalue weighted by Crippen LogP contribution is -2.07. The minimum Gasteiger partial charge on any atom is -0.366 e. The van der Waals surface area contributed by atoms with Crippen molar-refractivity contribution in [1.82, 2.24) is 9.97 Å². The molecule has 2 atom stereocenters. The lowest BCUT2D eigenvalue weighted by molar-refractivity contribution is 0.696. The van der Waals surface area contributed by atoms with E-state index in [9.17, 15) is 0 Å². The zero-order valence-corrected chi connectivity index (χ0v) is 8.54. The fourth-order valence-corrected chi connectivity index (χ4v) is 2.18. The van der Waals surface area contributed by atoms with E-state index in [4.69, 9.17) is 11.6 Å². The third-order valence-electron chi connectivity index (χ3n) is 3.06. The van der Waals surface area contributed by atoms with Gasteiger partial charge >= 0.3 is 0 Å². The normalized spacial score (nSPS) is 30.1. The summed E-state index contributed by atoms with van der Waals surface area (Å²) >= 11 is 5.95. The van der Waals surface area contributed by atoms with E-state index in [0.29, 0.717) is 11.1 Å². The lowest BCUT2D eigenvalue weighted by Gasteiger charge is -2.05. The molecule has 1 N–H and O–H groups in total. The minimum absolute atomic E-state index is 0.606. The minimum atomic E-state index is 0.606. The van der Waals surface area contributed by atoms with Crippen LogP contribution in [-0.4, -0.2) is 16.0 Å². The Hall–Kier alpha value is -0.830. The van der Waals surface area contributed by atoms with Gasteiger partial charge in [-0.15, -0.1) is 0 Å². The zero-order valence-electron chi connectivity index (χ0n) is 7.78. The highest BCUT2D eigenvalue weighted by molar-refractivity contribution is 6.32. The summed E-state index contributed by atoms with van der Waals surface area (Å²) in [4.78, 5) is 7.97. The Bertz CT molecular complexity index is 351.